The third kappa shape index (κ3) is 6.27. The molecule has 0 aromatic rings. The summed E-state index contributed by atoms with van der Waals surface area (Å²) < 4.78 is 0. The lowest BCUT2D eigenvalue weighted by Crippen LogP contribution is -2.48. The van der Waals surface area contributed by atoms with Gasteiger partial charge in [-0.2, -0.15) is 0 Å². The van der Waals surface area contributed by atoms with E-state index >= 15 is 0 Å². The molecule has 104 valence electrons. The van der Waals surface area contributed by atoms with Gasteiger partial charge in [0.25, 0.3) is 0 Å². The molecule has 18 heavy (non-hydrogen) atoms. The fraction of sp³-hybridized carbons (Fsp3) is 0.692. The molecule has 5 heteroatoms. The van der Waals surface area contributed by atoms with E-state index in [9.17, 15) is 9.59 Å². The monoisotopic (exact) mass is 256 g/mol. The van der Waals surface area contributed by atoms with Crippen molar-refractivity contribution in [2.24, 2.45) is 5.92 Å². The minimum absolute atomic E-state index is 0.211. The van der Waals surface area contributed by atoms with Crippen molar-refractivity contribution in [3.63, 3.8) is 0 Å². The zero-order valence-electron chi connectivity index (χ0n) is 11.7. The SMILES string of the molecule is C=C(C)CN(CC)C(=O)N[C@H](CC(C)C)C(=O)O. The molecule has 0 spiro atoms. The summed E-state index contributed by atoms with van der Waals surface area (Å²) in [5.74, 6) is -0.786. The van der Waals surface area contributed by atoms with Crippen LogP contribution in [0, 0.1) is 5.92 Å². The summed E-state index contributed by atoms with van der Waals surface area (Å²) in [5, 5.41) is 11.6. The van der Waals surface area contributed by atoms with Crippen LogP contribution in [0.25, 0.3) is 0 Å². The standard InChI is InChI=1S/C13H24N2O3/c1-6-15(8-10(4)5)13(18)14-11(12(16)17)7-9(2)3/h9,11H,4,6-8H2,1-3,5H3,(H,14,18)(H,16,17)/t11-/m1/s1. The molecule has 0 aliphatic carbocycles. The summed E-state index contributed by atoms with van der Waals surface area (Å²) in [5.41, 5.74) is 0.864. The van der Waals surface area contributed by atoms with Crippen molar-refractivity contribution in [3.05, 3.63) is 12.2 Å². The molecule has 0 saturated heterocycles. The van der Waals surface area contributed by atoms with E-state index in [0.717, 1.165) is 5.57 Å². The molecule has 0 fully saturated rings. The zero-order chi connectivity index (χ0) is 14.3. The van der Waals surface area contributed by atoms with E-state index in [-0.39, 0.29) is 11.9 Å². The van der Waals surface area contributed by atoms with Crippen LogP contribution in [0.5, 0.6) is 0 Å². The lowest BCUT2D eigenvalue weighted by atomic mass is 10.0. The van der Waals surface area contributed by atoms with Crippen molar-refractivity contribution in [2.75, 3.05) is 13.1 Å². The molecule has 0 heterocycles. The topological polar surface area (TPSA) is 69.6 Å². The van der Waals surface area contributed by atoms with Gasteiger partial charge in [0.1, 0.15) is 6.04 Å². The van der Waals surface area contributed by atoms with E-state index in [0.29, 0.717) is 19.5 Å². The maximum absolute atomic E-state index is 11.9. The van der Waals surface area contributed by atoms with Gasteiger partial charge in [-0.25, -0.2) is 9.59 Å². The summed E-state index contributed by atoms with van der Waals surface area (Å²) in [6.07, 6.45) is 0.422. The van der Waals surface area contributed by atoms with Crippen molar-refractivity contribution < 1.29 is 14.7 Å². The van der Waals surface area contributed by atoms with Crippen molar-refractivity contribution in [2.45, 2.75) is 40.2 Å². The van der Waals surface area contributed by atoms with Crippen LogP contribution < -0.4 is 5.32 Å². The second-order valence-corrected chi connectivity index (χ2v) is 4.94. The predicted molar refractivity (Wildman–Crippen MR) is 71.5 cm³/mol. The molecule has 0 aliphatic rings. The maximum atomic E-state index is 11.9. The molecule has 1 atom stereocenters. The Kier molecular flexibility index (Phi) is 7.08. The molecule has 0 bridgehead atoms. The number of amides is 2. The Hall–Kier alpha value is -1.52. The van der Waals surface area contributed by atoms with Crippen LogP contribution in [-0.2, 0) is 4.79 Å². The molecule has 0 saturated carbocycles. The number of hydrogen-bond acceptors (Lipinski definition) is 2. The highest BCUT2D eigenvalue weighted by Gasteiger charge is 2.23. The van der Waals surface area contributed by atoms with Gasteiger partial charge in [0, 0.05) is 13.1 Å². The van der Waals surface area contributed by atoms with Gasteiger partial charge in [-0.15, -0.1) is 0 Å². The third-order valence-corrected chi connectivity index (χ3v) is 2.43. The Labute approximate surface area is 109 Å². The van der Waals surface area contributed by atoms with E-state index in [1.165, 1.54) is 0 Å². The predicted octanol–water partition coefficient (Wildman–Crippen LogP) is 2.09. The van der Waals surface area contributed by atoms with Crippen LogP contribution in [0.4, 0.5) is 4.79 Å². The van der Waals surface area contributed by atoms with E-state index in [4.69, 9.17) is 5.11 Å². The number of aliphatic carboxylic acids is 1. The summed E-state index contributed by atoms with van der Waals surface area (Å²) >= 11 is 0. The van der Waals surface area contributed by atoms with Gasteiger partial charge in [0.15, 0.2) is 0 Å². The van der Waals surface area contributed by atoms with Crippen molar-refractivity contribution in [1.82, 2.24) is 10.2 Å². The van der Waals surface area contributed by atoms with Gasteiger partial charge in [-0.3, -0.25) is 0 Å². The van der Waals surface area contributed by atoms with E-state index in [1.807, 2.05) is 27.7 Å². The average Bonchev–Trinajstić information content (AvgIpc) is 2.23. The molecule has 0 aromatic heterocycles. The molecule has 0 radical (unpaired) electrons. The van der Waals surface area contributed by atoms with Gasteiger partial charge < -0.3 is 15.3 Å². The number of carboxylic acids is 1. The smallest absolute Gasteiger partial charge is 0.326 e. The second kappa shape index (κ2) is 7.74. The van der Waals surface area contributed by atoms with Gasteiger partial charge in [-0.05, 0) is 26.2 Å². The number of likely N-dealkylation sites (N-methyl/N-ethyl adjacent to an activating group) is 1. The first kappa shape index (κ1) is 16.5. The van der Waals surface area contributed by atoms with E-state index in [2.05, 4.69) is 11.9 Å². The van der Waals surface area contributed by atoms with Gasteiger partial charge in [0.2, 0.25) is 0 Å². The van der Waals surface area contributed by atoms with Crippen LogP contribution in [0.15, 0.2) is 12.2 Å². The van der Waals surface area contributed by atoms with E-state index in [1.54, 1.807) is 4.90 Å². The largest absolute Gasteiger partial charge is 0.480 e. The van der Waals surface area contributed by atoms with Gasteiger partial charge >= 0.3 is 12.0 Å². The van der Waals surface area contributed by atoms with Crippen LogP contribution in [0.2, 0.25) is 0 Å². The van der Waals surface area contributed by atoms with E-state index < -0.39 is 12.0 Å². The Bertz CT molecular complexity index is 313. The summed E-state index contributed by atoms with van der Waals surface area (Å²) in [6, 6.07) is -1.19. The first-order chi connectivity index (χ1) is 8.27. The molecule has 5 nitrogen and oxygen atoms in total. The zero-order valence-corrected chi connectivity index (χ0v) is 11.7. The fourth-order valence-electron chi connectivity index (χ4n) is 1.59. The Morgan fingerprint density at radius 3 is 2.28 bits per heavy atom. The molecule has 0 aliphatic heterocycles. The van der Waals surface area contributed by atoms with Crippen molar-refractivity contribution in [1.29, 1.82) is 0 Å². The lowest BCUT2D eigenvalue weighted by Gasteiger charge is -2.24. The number of hydrogen-bond donors (Lipinski definition) is 2. The number of rotatable bonds is 7. The minimum Gasteiger partial charge on any atom is -0.480 e. The summed E-state index contributed by atoms with van der Waals surface area (Å²) in [7, 11) is 0. The number of carboxylic acid groups (broad SMARTS) is 1. The number of carbonyl (C=O) groups excluding carboxylic acids is 1. The van der Waals surface area contributed by atoms with Crippen molar-refractivity contribution >= 4 is 12.0 Å². The van der Waals surface area contributed by atoms with Crippen LogP contribution >= 0.6 is 0 Å². The highest BCUT2D eigenvalue weighted by Crippen LogP contribution is 2.06. The van der Waals surface area contributed by atoms with Gasteiger partial charge in [0.05, 0.1) is 0 Å². The summed E-state index contributed by atoms with van der Waals surface area (Å²) in [4.78, 5) is 24.5. The van der Waals surface area contributed by atoms with Crippen LogP contribution in [-0.4, -0.2) is 41.1 Å². The van der Waals surface area contributed by atoms with Crippen LogP contribution in [0.1, 0.15) is 34.1 Å². The molecular weight excluding hydrogens is 232 g/mol. The Morgan fingerprint density at radius 1 is 1.39 bits per heavy atom. The maximum Gasteiger partial charge on any atom is 0.326 e. The molecular formula is C13H24N2O3. The number of nitrogens with one attached hydrogen (secondary N) is 1. The van der Waals surface area contributed by atoms with Crippen LogP contribution in [0.3, 0.4) is 0 Å². The van der Waals surface area contributed by atoms with Crippen molar-refractivity contribution in [3.8, 4) is 0 Å². The molecule has 2 amide bonds. The first-order valence-corrected chi connectivity index (χ1v) is 6.20. The minimum atomic E-state index is -0.997. The highest BCUT2D eigenvalue weighted by molar-refractivity contribution is 5.82. The van der Waals surface area contributed by atoms with Gasteiger partial charge in [-0.1, -0.05) is 26.0 Å². The highest BCUT2D eigenvalue weighted by atomic mass is 16.4. The first-order valence-electron chi connectivity index (χ1n) is 6.20. The summed E-state index contributed by atoms with van der Waals surface area (Å²) in [6.45, 7) is 12.2. The lowest BCUT2D eigenvalue weighted by molar-refractivity contribution is -0.139. The number of nitrogens with zero attached hydrogens (tertiary/aromatic N) is 1. The molecule has 2 N–H and O–H groups in total. The average molecular weight is 256 g/mol. The Morgan fingerprint density at radius 2 is 1.94 bits per heavy atom. The molecule has 0 aromatic carbocycles. The molecule has 0 unspecified atom stereocenters. The fourth-order valence-corrected chi connectivity index (χ4v) is 1.59. The quantitative estimate of drug-likeness (QED) is 0.685. The second-order valence-electron chi connectivity index (χ2n) is 4.94. The number of carbonyl (C=O) groups is 2. The third-order valence-electron chi connectivity index (χ3n) is 2.43. The molecule has 0 rings (SSSR count). The Balaban J connectivity index is 4.56. The normalized spacial score (nSPS) is 12.1. The number of urea groups is 1.